The van der Waals surface area contributed by atoms with Crippen molar-refractivity contribution in [2.24, 2.45) is 11.8 Å². The molecule has 0 radical (unpaired) electrons. The lowest BCUT2D eigenvalue weighted by molar-refractivity contribution is -0.122. The zero-order chi connectivity index (χ0) is 12.5. The third-order valence-electron chi connectivity index (χ3n) is 3.11. The first kappa shape index (κ1) is 11.4. The van der Waals surface area contributed by atoms with Gasteiger partial charge in [0.25, 0.3) is 0 Å². The fourth-order valence-corrected chi connectivity index (χ4v) is 2.45. The van der Waals surface area contributed by atoms with Gasteiger partial charge in [-0.25, -0.2) is 0 Å². The fourth-order valence-electron chi connectivity index (χ4n) is 1.82. The van der Waals surface area contributed by atoms with E-state index in [4.69, 9.17) is 4.52 Å². The molecule has 0 saturated heterocycles. The van der Waals surface area contributed by atoms with E-state index in [1.807, 2.05) is 16.8 Å². The Morgan fingerprint density at radius 2 is 2.50 bits per heavy atom. The summed E-state index contributed by atoms with van der Waals surface area (Å²) in [5, 5.41) is 10.6. The molecule has 2 aromatic rings. The molecule has 3 rings (SSSR count). The smallest absolute Gasteiger partial charge is 0.246 e. The predicted molar refractivity (Wildman–Crippen MR) is 66.7 cm³/mol. The molecule has 1 N–H and O–H groups in total. The Hall–Kier alpha value is -1.69. The van der Waals surface area contributed by atoms with Crippen LogP contribution in [0.25, 0.3) is 11.4 Å². The molecule has 0 spiro atoms. The third kappa shape index (κ3) is 2.28. The van der Waals surface area contributed by atoms with Gasteiger partial charge in [0.1, 0.15) is 0 Å². The summed E-state index contributed by atoms with van der Waals surface area (Å²) < 4.78 is 5.09. The van der Waals surface area contributed by atoms with Crippen molar-refractivity contribution >= 4 is 17.2 Å². The zero-order valence-corrected chi connectivity index (χ0v) is 10.7. The van der Waals surface area contributed by atoms with Crippen LogP contribution in [-0.4, -0.2) is 16.0 Å². The quantitative estimate of drug-likeness (QED) is 0.917. The van der Waals surface area contributed by atoms with Gasteiger partial charge in [-0.05, 0) is 23.8 Å². The van der Waals surface area contributed by atoms with Crippen molar-refractivity contribution < 1.29 is 9.32 Å². The number of hydrogen-bond donors (Lipinski definition) is 1. The van der Waals surface area contributed by atoms with Gasteiger partial charge in [-0.1, -0.05) is 12.1 Å². The molecule has 6 heteroatoms. The van der Waals surface area contributed by atoms with Crippen LogP contribution in [0.1, 0.15) is 19.2 Å². The highest BCUT2D eigenvalue weighted by molar-refractivity contribution is 7.08. The molecule has 94 valence electrons. The molecule has 0 aromatic carbocycles. The van der Waals surface area contributed by atoms with Crippen molar-refractivity contribution in [3.63, 3.8) is 0 Å². The van der Waals surface area contributed by atoms with E-state index in [9.17, 15) is 4.79 Å². The Morgan fingerprint density at radius 1 is 1.67 bits per heavy atom. The van der Waals surface area contributed by atoms with Gasteiger partial charge in [0.05, 0.1) is 6.54 Å². The molecule has 1 amide bonds. The highest BCUT2D eigenvalue weighted by Crippen LogP contribution is 2.37. The lowest BCUT2D eigenvalue weighted by atomic mass is 10.3. The largest absolute Gasteiger partial charge is 0.347 e. The number of carbonyl (C=O) groups is 1. The van der Waals surface area contributed by atoms with Gasteiger partial charge in [0.2, 0.25) is 17.6 Å². The van der Waals surface area contributed by atoms with Crippen LogP contribution in [0, 0.1) is 11.8 Å². The van der Waals surface area contributed by atoms with E-state index in [1.54, 1.807) is 11.3 Å². The number of aromatic nitrogens is 2. The molecule has 1 aliphatic carbocycles. The summed E-state index contributed by atoms with van der Waals surface area (Å²) in [5.41, 5.74) is 0.942. The summed E-state index contributed by atoms with van der Waals surface area (Å²) in [6, 6.07) is 1.93. The SMILES string of the molecule is C[C@H]1C[C@H]1C(=O)NCc1nc(-c2ccsc2)no1. The van der Waals surface area contributed by atoms with E-state index in [-0.39, 0.29) is 11.8 Å². The molecule has 2 aromatic heterocycles. The first-order chi connectivity index (χ1) is 8.74. The van der Waals surface area contributed by atoms with E-state index in [2.05, 4.69) is 22.4 Å². The van der Waals surface area contributed by atoms with Gasteiger partial charge in [-0.3, -0.25) is 4.79 Å². The van der Waals surface area contributed by atoms with Crippen molar-refractivity contribution in [3.05, 3.63) is 22.7 Å². The summed E-state index contributed by atoms with van der Waals surface area (Å²) in [7, 11) is 0. The second kappa shape index (κ2) is 4.53. The highest BCUT2D eigenvalue weighted by Gasteiger charge is 2.38. The standard InChI is InChI=1S/C12H13N3O2S/c1-7-4-9(7)12(16)13-5-10-14-11(15-17-10)8-2-3-18-6-8/h2-3,6-7,9H,4-5H2,1H3,(H,13,16)/t7-,9+/m0/s1. The first-order valence-corrected chi connectivity index (χ1v) is 6.81. The number of nitrogens with one attached hydrogen (secondary N) is 1. The van der Waals surface area contributed by atoms with Gasteiger partial charge in [-0.2, -0.15) is 16.3 Å². The van der Waals surface area contributed by atoms with E-state index in [0.717, 1.165) is 12.0 Å². The highest BCUT2D eigenvalue weighted by atomic mass is 32.1. The first-order valence-electron chi connectivity index (χ1n) is 5.87. The Balaban J connectivity index is 1.59. The van der Waals surface area contributed by atoms with Crippen LogP contribution in [0.15, 0.2) is 21.3 Å². The Kier molecular flexibility index (Phi) is 2.87. The average molecular weight is 263 g/mol. The summed E-state index contributed by atoms with van der Waals surface area (Å²) in [4.78, 5) is 15.9. The number of amides is 1. The molecule has 0 aliphatic heterocycles. The molecule has 1 saturated carbocycles. The van der Waals surface area contributed by atoms with Crippen molar-refractivity contribution in [2.45, 2.75) is 19.9 Å². The minimum atomic E-state index is 0.0813. The van der Waals surface area contributed by atoms with E-state index in [1.165, 1.54) is 0 Å². The van der Waals surface area contributed by atoms with Crippen LogP contribution in [0.3, 0.4) is 0 Å². The number of rotatable bonds is 4. The van der Waals surface area contributed by atoms with Crippen molar-refractivity contribution in [1.29, 1.82) is 0 Å². The number of thiophene rings is 1. The molecule has 18 heavy (non-hydrogen) atoms. The Labute approximate surface area is 108 Å². The van der Waals surface area contributed by atoms with Gasteiger partial charge < -0.3 is 9.84 Å². The maximum Gasteiger partial charge on any atom is 0.246 e. The van der Waals surface area contributed by atoms with Crippen LogP contribution in [-0.2, 0) is 11.3 Å². The Bertz CT molecular complexity index is 549. The lowest BCUT2D eigenvalue weighted by Gasteiger charge is -1.99. The second-order valence-corrected chi connectivity index (χ2v) is 5.34. The molecular weight excluding hydrogens is 250 g/mol. The van der Waals surface area contributed by atoms with Crippen LogP contribution in [0.5, 0.6) is 0 Å². The Morgan fingerprint density at radius 3 is 3.17 bits per heavy atom. The second-order valence-electron chi connectivity index (χ2n) is 4.56. The van der Waals surface area contributed by atoms with Crippen molar-refractivity contribution in [1.82, 2.24) is 15.5 Å². The van der Waals surface area contributed by atoms with Crippen LogP contribution < -0.4 is 5.32 Å². The maximum atomic E-state index is 11.6. The van der Waals surface area contributed by atoms with Gasteiger partial charge >= 0.3 is 0 Å². The average Bonchev–Trinajstić information content (AvgIpc) is 2.85. The molecule has 0 bridgehead atoms. The molecule has 1 aliphatic rings. The zero-order valence-electron chi connectivity index (χ0n) is 9.92. The monoisotopic (exact) mass is 263 g/mol. The van der Waals surface area contributed by atoms with E-state index < -0.39 is 0 Å². The van der Waals surface area contributed by atoms with Gasteiger partial charge in [-0.15, -0.1) is 0 Å². The van der Waals surface area contributed by atoms with Crippen LogP contribution in [0.2, 0.25) is 0 Å². The minimum absolute atomic E-state index is 0.0813. The lowest BCUT2D eigenvalue weighted by Crippen LogP contribution is -2.24. The fraction of sp³-hybridized carbons (Fsp3) is 0.417. The molecule has 2 heterocycles. The van der Waals surface area contributed by atoms with Gasteiger partial charge in [0, 0.05) is 16.9 Å². The number of hydrogen-bond acceptors (Lipinski definition) is 5. The molecule has 1 fully saturated rings. The van der Waals surface area contributed by atoms with Crippen LogP contribution >= 0.6 is 11.3 Å². The molecule has 5 nitrogen and oxygen atoms in total. The summed E-state index contributed by atoms with van der Waals surface area (Å²) >= 11 is 1.58. The normalized spacial score (nSPS) is 21.8. The predicted octanol–water partition coefficient (Wildman–Crippen LogP) is 2.07. The number of carbonyl (C=O) groups excluding carboxylic acids is 1. The molecular formula is C12H13N3O2S. The van der Waals surface area contributed by atoms with E-state index >= 15 is 0 Å². The van der Waals surface area contributed by atoms with Gasteiger partial charge in [0.15, 0.2) is 0 Å². The third-order valence-corrected chi connectivity index (χ3v) is 3.79. The summed E-state index contributed by atoms with van der Waals surface area (Å²) in [5.74, 6) is 1.77. The van der Waals surface area contributed by atoms with E-state index in [0.29, 0.717) is 24.2 Å². The van der Waals surface area contributed by atoms with Crippen molar-refractivity contribution in [3.8, 4) is 11.4 Å². The van der Waals surface area contributed by atoms with Crippen LogP contribution in [0.4, 0.5) is 0 Å². The minimum Gasteiger partial charge on any atom is -0.347 e. The maximum absolute atomic E-state index is 11.6. The topological polar surface area (TPSA) is 68.0 Å². The number of nitrogens with zero attached hydrogens (tertiary/aromatic N) is 2. The molecule has 2 atom stereocenters. The molecule has 0 unspecified atom stereocenters. The summed E-state index contributed by atoms with van der Waals surface area (Å²) in [6.45, 7) is 2.38. The van der Waals surface area contributed by atoms with Crippen molar-refractivity contribution in [2.75, 3.05) is 0 Å². The summed E-state index contributed by atoms with van der Waals surface area (Å²) in [6.07, 6.45) is 0.982.